The molecule has 2 aliphatic rings. The van der Waals surface area contributed by atoms with Crippen LogP contribution in [0, 0.1) is 5.41 Å². The molecule has 1 spiro atoms. The summed E-state index contributed by atoms with van der Waals surface area (Å²) in [6.07, 6.45) is 7.87. The minimum Gasteiger partial charge on any atom is -0.317 e. The standard InChI is InChI=1S/C18H24N4.ClH/c1-9-20-22(12-1)17-4-2-16(3-5-17)14-21-13-8-18(15-21)6-10-19-11-7-18;/h1-5,9,12,19H,6-8,10-11,13-15H2;1H. The first-order valence-corrected chi connectivity index (χ1v) is 8.35. The number of nitrogens with one attached hydrogen (secondary N) is 1. The number of benzene rings is 1. The fraction of sp³-hybridized carbons (Fsp3) is 0.500. The average molecular weight is 333 g/mol. The fourth-order valence-corrected chi connectivity index (χ4v) is 3.96. The zero-order valence-corrected chi connectivity index (χ0v) is 14.3. The molecule has 0 radical (unpaired) electrons. The highest BCUT2D eigenvalue weighted by atomic mass is 35.5. The van der Waals surface area contributed by atoms with Crippen LogP contribution in [0.1, 0.15) is 24.8 Å². The van der Waals surface area contributed by atoms with Crippen LogP contribution in [-0.4, -0.2) is 40.9 Å². The van der Waals surface area contributed by atoms with Crippen molar-refractivity contribution >= 4 is 12.4 Å². The number of aromatic nitrogens is 2. The van der Waals surface area contributed by atoms with Crippen molar-refractivity contribution in [2.75, 3.05) is 26.2 Å². The van der Waals surface area contributed by atoms with Crippen molar-refractivity contribution in [2.24, 2.45) is 5.41 Å². The Labute approximate surface area is 144 Å². The van der Waals surface area contributed by atoms with Gasteiger partial charge < -0.3 is 5.32 Å². The Balaban J connectivity index is 0.00000156. The van der Waals surface area contributed by atoms with Gasteiger partial charge >= 0.3 is 0 Å². The molecule has 4 rings (SSSR count). The van der Waals surface area contributed by atoms with E-state index < -0.39 is 0 Å². The molecule has 5 heteroatoms. The van der Waals surface area contributed by atoms with Crippen molar-refractivity contribution in [3.63, 3.8) is 0 Å². The summed E-state index contributed by atoms with van der Waals surface area (Å²) < 4.78 is 1.91. The molecule has 2 saturated heterocycles. The monoisotopic (exact) mass is 332 g/mol. The molecule has 1 N–H and O–H groups in total. The lowest BCUT2D eigenvalue weighted by atomic mass is 9.78. The summed E-state index contributed by atoms with van der Waals surface area (Å²) in [6.45, 7) is 6.00. The van der Waals surface area contributed by atoms with Gasteiger partial charge in [-0.15, -0.1) is 12.4 Å². The SMILES string of the molecule is Cl.c1cnn(-c2ccc(CN3CCC4(CCNCC4)C3)cc2)c1. The highest BCUT2D eigenvalue weighted by Gasteiger charge is 2.38. The number of hydrogen-bond donors (Lipinski definition) is 1. The van der Waals surface area contributed by atoms with E-state index >= 15 is 0 Å². The van der Waals surface area contributed by atoms with Gasteiger partial charge in [-0.1, -0.05) is 12.1 Å². The van der Waals surface area contributed by atoms with Crippen LogP contribution in [0.2, 0.25) is 0 Å². The molecule has 23 heavy (non-hydrogen) atoms. The Morgan fingerprint density at radius 3 is 2.57 bits per heavy atom. The lowest BCUT2D eigenvalue weighted by molar-refractivity contribution is 0.194. The van der Waals surface area contributed by atoms with E-state index in [2.05, 4.69) is 39.6 Å². The number of rotatable bonds is 3. The van der Waals surface area contributed by atoms with E-state index in [0.29, 0.717) is 5.41 Å². The van der Waals surface area contributed by atoms with Crippen LogP contribution in [0.4, 0.5) is 0 Å². The summed E-state index contributed by atoms with van der Waals surface area (Å²) in [7, 11) is 0. The van der Waals surface area contributed by atoms with E-state index in [1.165, 1.54) is 51.0 Å². The van der Waals surface area contributed by atoms with E-state index in [4.69, 9.17) is 0 Å². The van der Waals surface area contributed by atoms with Gasteiger partial charge in [-0.3, -0.25) is 4.90 Å². The second kappa shape index (κ2) is 7.04. The van der Waals surface area contributed by atoms with Crippen molar-refractivity contribution in [3.05, 3.63) is 48.3 Å². The first-order chi connectivity index (χ1) is 10.8. The Hall–Kier alpha value is -1.36. The highest BCUT2D eigenvalue weighted by Crippen LogP contribution is 2.38. The molecule has 0 aliphatic carbocycles. The van der Waals surface area contributed by atoms with Gasteiger partial charge in [0.2, 0.25) is 0 Å². The predicted molar refractivity (Wildman–Crippen MR) is 95.2 cm³/mol. The quantitative estimate of drug-likeness (QED) is 0.938. The Bertz CT molecular complexity index is 602. The Morgan fingerprint density at radius 1 is 1.09 bits per heavy atom. The van der Waals surface area contributed by atoms with Gasteiger partial charge in [0.05, 0.1) is 5.69 Å². The average Bonchev–Trinajstić information content (AvgIpc) is 3.20. The zero-order chi connectivity index (χ0) is 14.8. The summed E-state index contributed by atoms with van der Waals surface area (Å²) in [5, 5.41) is 7.77. The third-order valence-corrected chi connectivity index (χ3v) is 5.29. The van der Waals surface area contributed by atoms with Gasteiger partial charge in [-0.05, 0) is 68.1 Å². The minimum absolute atomic E-state index is 0. The second-order valence-corrected chi connectivity index (χ2v) is 6.83. The number of halogens is 1. The molecule has 2 aromatic rings. The molecule has 124 valence electrons. The molecule has 2 fully saturated rings. The second-order valence-electron chi connectivity index (χ2n) is 6.83. The van der Waals surface area contributed by atoms with E-state index in [1.807, 2.05) is 23.1 Å². The summed E-state index contributed by atoms with van der Waals surface area (Å²) in [4.78, 5) is 2.63. The van der Waals surface area contributed by atoms with Gasteiger partial charge in [0.25, 0.3) is 0 Å². The predicted octanol–water partition coefficient (Wildman–Crippen LogP) is 2.87. The molecular formula is C18H25ClN4. The number of nitrogens with zero attached hydrogens (tertiary/aromatic N) is 3. The molecule has 3 heterocycles. The van der Waals surface area contributed by atoms with Crippen LogP contribution < -0.4 is 5.32 Å². The maximum absolute atomic E-state index is 4.28. The molecule has 0 atom stereocenters. The number of likely N-dealkylation sites (tertiary alicyclic amines) is 1. The summed E-state index contributed by atoms with van der Waals surface area (Å²) >= 11 is 0. The van der Waals surface area contributed by atoms with Crippen LogP contribution in [0.3, 0.4) is 0 Å². The molecular weight excluding hydrogens is 308 g/mol. The summed E-state index contributed by atoms with van der Waals surface area (Å²) in [5.74, 6) is 0. The number of piperidine rings is 1. The molecule has 0 amide bonds. The van der Waals surface area contributed by atoms with Crippen molar-refractivity contribution in [2.45, 2.75) is 25.8 Å². The highest BCUT2D eigenvalue weighted by molar-refractivity contribution is 5.85. The molecule has 0 bridgehead atoms. The topological polar surface area (TPSA) is 33.1 Å². The largest absolute Gasteiger partial charge is 0.317 e. The molecule has 1 aromatic carbocycles. The smallest absolute Gasteiger partial charge is 0.0645 e. The first kappa shape index (κ1) is 16.5. The van der Waals surface area contributed by atoms with Crippen LogP contribution >= 0.6 is 12.4 Å². The van der Waals surface area contributed by atoms with Crippen molar-refractivity contribution in [3.8, 4) is 5.69 Å². The fourth-order valence-electron chi connectivity index (χ4n) is 3.96. The lowest BCUT2D eigenvalue weighted by Gasteiger charge is -2.33. The maximum Gasteiger partial charge on any atom is 0.0645 e. The van der Waals surface area contributed by atoms with E-state index in [9.17, 15) is 0 Å². The molecule has 0 saturated carbocycles. The van der Waals surface area contributed by atoms with Crippen LogP contribution in [0.25, 0.3) is 5.69 Å². The van der Waals surface area contributed by atoms with Crippen LogP contribution in [-0.2, 0) is 6.54 Å². The number of hydrogen-bond acceptors (Lipinski definition) is 3. The molecule has 4 nitrogen and oxygen atoms in total. The van der Waals surface area contributed by atoms with Crippen molar-refractivity contribution < 1.29 is 0 Å². The van der Waals surface area contributed by atoms with Crippen molar-refractivity contribution in [1.29, 1.82) is 0 Å². The Kier molecular flexibility index (Phi) is 5.05. The molecule has 1 aromatic heterocycles. The molecule has 0 unspecified atom stereocenters. The first-order valence-electron chi connectivity index (χ1n) is 8.35. The van der Waals surface area contributed by atoms with Crippen LogP contribution in [0.15, 0.2) is 42.7 Å². The third-order valence-electron chi connectivity index (χ3n) is 5.29. The maximum atomic E-state index is 4.28. The summed E-state index contributed by atoms with van der Waals surface area (Å²) in [6, 6.07) is 10.8. The van der Waals surface area contributed by atoms with Gasteiger partial charge in [-0.25, -0.2) is 4.68 Å². The normalized spacial score (nSPS) is 20.5. The van der Waals surface area contributed by atoms with Crippen LogP contribution in [0.5, 0.6) is 0 Å². The van der Waals surface area contributed by atoms with E-state index in [-0.39, 0.29) is 12.4 Å². The van der Waals surface area contributed by atoms with E-state index in [1.54, 1.807) is 0 Å². The van der Waals surface area contributed by atoms with E-state index in [0.717, 1.165) is 12.2 Å². The lowest BCUT2D eigenvalue weighted by Crippen LogP contribution is -2.38. The van der Waals surface area contributed by atoms with Crippen molar-refractivity contribution in [1.82, 2.24) is 20.0 Å². The van der Waals surface area contributed by atoms with Gasteiger partial charge in [-0.2, -0.15) is 5.10 Å². The molecule has 2 aliphatic heterocycles. The van der Waals surface area contributed by atoms with Gasteiger partial charge in [0.1, 0.15) is 0 Å². The zero-order valence-electron chi connectivity index (χ0n) is 13.4. The third kappa shape index (κ3) is 3.60. The Morgan fingerprint density at radius 2 is 1.87 bits per heavy atom. The van der Waals surface area contributed by atoms with Gasteiger partial charge in [0.15, 0.2) is 0 Å². The van der Waals surface area contributed by atoms with Gasteiger partial charge in [0, 0.05) is 25.5 Å². The minimum atomic E-state index is 0. The summed E-state index contributed by atoms with van der Waals surface area (Å²) in [5.41, 5.74) is 3.13.